The lowest BCUT2D eigenvalue weighted by atomic mass is 9.68. The van der Waals surface area contributed by atoms with Crippen LogP contribution < -0.4 is 0 Å². The van der Waals surface area contributed by atoms with Gasteiger partial charge in [0, 0.05) is 29.1 Å². The van der Waals surface area contributed by atoms with Crippen molar-refractivity contribution in [2.75, 3.05) is 0 Å². The van der Waals surface area contributed by atoms with Crippen molar-refractivity contribution in [3.05, 3.63) is 53.7 Å². The van der Waals surface area contributed by atoms with E-state index in [1.165, 1.54) is 284 Å². The Kier molecular flexibility index (Phi) is 22.7. The van der Waals surface area contributed by atoms with Crippen LogP contribution in [0.4, 0.5) is 0 Å². The average Bonchev–Trinajstić information content (AvgIpc) is 4.14. The molecule has 0 radical (unpaired) electrons. The van der Waals surface area contributed by atoms with E-state index < -0.39 is 0 Å². The van der Waals surface area contributed by atoms with E-state index >= 15 is 0 Å². The molecule has 0 amide bonds. The Morgan fingerprint density at radius 1 is 0.324 bits per heavy atom. The van der Waals surface area contributed by atoms with Crippen molar-refractivity contribution in [1.82, 2.24) is 17.5 Å². The van der Waals surface area contributed by atoms with Crippen molar-refractivity contribution in [2.45, 2.75) is 270 Å². The summed E-state index contributed by atoms with van der Waals surface area (Å²) in [5.41, 5.74) is 16.6. The Balaban J connectivity index is 1.33. The van der Waals surface area contributed by atoms with Crippen LogP contribution in [0.1, 0.15) is 281 Å². The van der Waals surface area contributed by atoms with E-state index in [0.717, 1.165) is 22.1 Å². The first kappa shape index (κ1) is 54.5. The summed E-state index contributed by atoms with van der Waals surface area (Å²) in [6.45, 7) is 9.33. The molecule has 0 fully saturated rings. The van der Waals surface area contributed by atoms with Gasteiger partial charge in [0.25, 0.3) is 0 Å². The van der Waals surface area contributed by atoms with Crippen LogP contribution in [-0.2, 0) is 10.8 Å². The summed E-state index contributed by atoms with van der Waals surface area (Å²) < 4.78 is 23.0. The normalized spacial score (nSPS) is 14.3. The third-order valence-electron chi connectivity index (χ3n) is 16.6. The maximum absolute atomic E-state index is 5.22. The molecule has 0 saturated heterocycles. The number of benzene rings is 3. The van der Waals surface area contributed by atoms with Crippen molar-refractivity contribution in [3.8, 4) is 22.3 Å². The molecule has 2 aromatic heterocycles. The fourth-order valence-electron chi connectivity index (χ4n) is 12.8. The lowest BCUT2D eigenvalue weighted by Crippen LogP contribution is -2.27. The van der Waals surface area contributed by atoms with Gasteiger partial charge in [-0.15, -0.1) is 0 Å². The predicted octanol–water partition coefficient (Wildman–Crippen LogP) is 21.6. The highest BCUT2D eigenvalue weighted by Crippen LogP contribution is 2.63. The van der Waals surface area contributed by atoms with Gasteiger partial charge in [-0.3, -0.25) is 0 Å². The molecule has 2 aliphatic carbocycles. The predicted molar refractivity (Wildman–Crippen MR) is 315 cm³/mol. The summed E-state index contributed by atoms with van der Waals surface area (Å²) in [6, 6.07) is 10.7. The van der Waals surface area contributed by atoms with E-state index in [1.54, 1.807) is 22.3 Å². The number of hydrogen-bond donors (Lipinski definition) is 0. The topological polar surface area (TPSA) is 51.6 Å². The minimum absolute atomic E-state index is 0.0363. The second-order valence-electron chi connectivity index (χ2n) is 21.5. The quantitative estimate of drug-likeness (QED) is 0.0296. The highest BCUT2D eigenvalue weighted by Gasteiger charge is 2.49. The summed E-state index contributed by atoms with van der Waals surface area (Å²) in [7, 11) is 0. The van der Waals surface area contributed by atoms with Gasteiger partial charge in [-0.2, -0.15) is 17.5 Å². The van der Waals surface area contributed by atoms with Gasteiger partial charge >= 0.3 is 0 Å². The molecule has 4 nitrogen and oxygen atoms in total. The third-order valence-corrected chi connectivity index (χ3v) is 19.3. The SMILES string of the molecule is CCCCCCCCCCC1(CCCCCCCCCC)c2cc3c(cc2-c2c1cc(I)c1nsnc21)C(CCCCCCCCCC)(CCCCCCCCCC)c1cc(I)c2nsnc2c1-3. The average molecular weight is 1180 g/mol. The zero-order chi connectivity index (χ0) is 47.6. The summed E-state index contributed by atoms with van der Waals surface area (Å²) in [4.78, 5) is 0. The van der Waals surface area contributed by atoms with E-state index in [4.69, 9.17) is 17.5 Å². The van der Waals surface area contributed by atoms with Crippen molar-refractivity contribution in [1.29, 1.82) is 0 Å². The van der Waals surface area contributed by atoms with Crippen LogP contribution in [0, 0.1) is 7.14 Å². The maximum Gasteiger partial charge on any atom is 0.118 e. The summed E-state index contributed by atoms with van der Waals surface area (Å²) >= 11 is 8.03. The van der Waals surface area contributed by atoms with E-state index in [1.807, 2.05) is 0 Å². The molecule has 7 rings (SSSR count). The number of rotatable bonds is 36. The Morgan fingerprint density at radius 3 is 0.853 bits per heavy atom. The first-order valence-electron chi connectivity index (χ1n) is 28.6. The first-order chi connectivity index (χ1) is 33.5. The molecule has 0 N–H and O–H groups in total. The largest absolute Gasteiger partial charge is 0.172 e. The number of halogens is 2. The molecule has 0 atom stereocenters. The van der Waals surface area contributed by atoms with Crippen molar-refractivity contribution < 1.29 is 0 Å². The molecule has 5 aromatic rings. The Labute approximate surface area is 449 Å². The molecule has 3 aromatic carbocycles. The summed E-state index contributed by atoms with van der Waals surface area (Å²) in [5.74, 6) is 0. The van der Waals surface area contributed by atoms with Gasteiger partial charge in [0.2, 0.25) is 0 Å². The standard InChI is InChI=1S/C60H88I2N4S2/c1-5-9-13-17-21-25-29-33-37-59(38-34-30-26-22-18-14-10-6-2)47-41-46-48(42-45(47)53-49(59)43-51(61)55-57(53)65-67-63-55)60(39-35-31-27-23-19-15-11-7-3,40-36-32-28-24-20-16-12-8-4)50-44-52(62)56-58(54(46)50)66-68-64-56/h41-44H,5-40H2,1-4H3. The fourth-order valence-corrected chi connectivity index (χ4v) is 15.6. The smallest absolute Gasteiger partial charge is 0.118 e. The van der Waals surface area contributed by atoms with E-state index in [-0.39, 0.29) is 10.8 Å². The molecular weight excluding hydrogens is 1090 g/mol. The zero-order valence-electron chi connectivity index (χ0n) is 43.1. The van der Waals surface area contributed by atoms with Gasteiger partial charge in [-0.05, 0) is 129 Å². The van der Waals surface area contributed by atoms with Gasteiger partial charge < -0.3 is 0 Å². The Hall–Kier alpha value is -1.24. The minimum Gasteiger partial charge on any atom is -0.172 e. The van der Waals surface area contributed by atoms with Crippen molar-refractivity contribution >= 4 is 90.7 Å². The minimum atomic E-state index is -0.0363. The molecule has 0 spiro atoms. The Morgan fingerprint density at radius 2 is 0.574 bits per heavy atom. The van der Waals surface area contributed by atoms with E-state index in [2.05, 4.69) is 97.1 Å². The highest BCUT2D eigenvalue weighted by molar-refractivity contribution is 14.1. The maximum atomic E-state index is 5.22. The molecule has 2 heterocycles. The van der Waals surface area contributed by atoms with Crippen molar-refractivity contribution in [2.24, 2.45) is 0 Å². The number of aromatic nitrogens is 4. The molecule has 0 unspecified atom stereocenters. The third kappa shape index (κ3) is 12.9. The van der Waals surface area contributed by atoms with Gasteiger partial charge in [-0.1, -0.05) is 233 Å². The van der Waals surface area contributed by atoms with E-state index in [0.29, 0.717) is 0 Å². The molecule has 0 bridgehead atoms. The molecule has 8 heteroatoms. The monoisotopic (exact) mass is 1180 g/mol. The molecule has 0 saturated carbocycles. The number of nitrogens with zero attached hydrogens (tertiary/aromatic N) is 4. The highest BCUT2D eigenvalue weighted by atomic mass is 127. The first-order valence-corrected chi connectivity index (χ1v) is 32.2. The zero-order valence-corrected chi connectivity index (χ0v) is 49.1. The van der Waals surface area contributed by atoms with Crippen LogP contribution in [0.5, 0.6) is 0 Å². The molecule has 374 valence electrons. The molecule has 68 heavy (non-hydrogen) atoms. The van der Waals surface area contributed by atoms with Crippen LogP contribution in [0.2, 0.25) is 0 Å². The van der Waals surface area contributed by atoms with Crippen LogP contribution in [0.25, 0.3) is 44.3 Å². The van der Waals surface area contributed by atoms with Gasteiger partial charge in [0.1, 0.15) is 22.1 Å². The van der Waals surface area contributed by atoms with Gasteiger partial charge in [0.05, 0.1) is 23.5 Å². The number of hydrogen-bond acceptors (Lipinski definition) is 6. The summed E-state index contributed by atoms with van der Waals surface area (Å²) in [6.07, 6.45) is 48.1. The fraction of sp³-hybridized carbons (Fsp3) is 0.700. The van der Waals surface area contributed by atoms with E-state index in [9.17, 15) is 0 Å². The van der Waals surface area contributed by atoms with Crippen LogP contribution in [0.3, 0.4) is 0 Å². The number of fused-ring (bicyclic) bond motifs is 10. The van der Waals surface area contributed by atoms with Gasteiger partial charge in [0.15, 0.2) is 0 Å². The second-order valence-corrected chi connectivity index (χ2v) is 24.9. The van der Waals surface area contributed by atoms with Crippen molar-refractivity contribution in [3.63, 3.8) is 0 Å². The van der Waals surface area contributed by atoms with Crippen LogP contribution >= 0.6 is 68.6 Å². The molecule has 0 aliphatic heterocycles. The summed E-state index contributed by atoms with van der Waals surface area (Å²) in [5, 5.41) is 0. The molecular formula is C60H88I2N4S2. The lowest BCUT2D eigenvalue weighted by molar-refractivity contribution is 0.393. The second kappa shape index (κ2) is 28.3. The van der Waals surface area contributed by atoms with Crippen LogP contribution in [-0.4, -0.2) is 17.5 Å². The van der Waals surface area contributed by atoms with Gasteiger partial charge in [-0.25, -0.2) is 0 Å². The van der Waals surface area contributed by atoms with Crippen LogP contribution in [0.15, 0.2) is 24.3 Å². The Bertz CT molecular complexity index is 2090. The molecule has 2 aliphatic rings. The lowest BCUT2D eigenvalue weighted by Gasteiger charge is -2.35. The number of unbranched alkanes of at least 4 members (excludes halogenated alkanes) is 28.